The van der Waals surface area contributed by atoms with Crippen molar-refractivity contribution in [3.63, 3.8) is 0 Å². The van der Waals surface area contributed by atoms with Crippen molar-refractivity contribution in [2.45, 2.75) is 175 Å². The zero-order chi connectivity index (χ0) is 78.0. The van der Waals surface area contributed by atoms with E-state index in [-0.39, 0.29) is 103 Å². The molecule has 5 aliphatic rings. The Morgan fingerprint density at radius 1 is 0.844 bits per heavy atom. The van der Waals surface area contributed by atoms with Gasteiger partial charge in [-0.2, -0.15) is 13.5 Å². The van der Waals surface area contributed by atoms with Gasteiger partial charge in [0, 0.05) is 124 Å². The van der Waals surface area contributed by atoms with Crippen molar-refractivity contribution >= 4 is 102 Å². The fourth-order valence-corrected chi connectivity index (χ4v) is 18.7. The molecule has 11 rings (SSSR count). The first kappa shape index (κ1) is 80.5. The van der Waals surface area contributed by atoms with Gasteiger partial charge in [0.25, 0.3) is 27.8 Å². The summed E-state index contributed by atoms with van der Waals surface area (Å²) in [5.74, 6) is -4.07. The number of nitrogens with one attached hydrogen (secondary N) is 4. The molecule has 8 amide bonds. The molecule has 584 valence electrons. The summed E-state index contributed by atoms with van der Waals surface area (Å²) in [7, 11) is -4.33. The summed E-state index contributed by atoms with van der Waals surface area (Å²) < 4.78 is 50.4. The number of pyridine rings is 1. The highest BCUT2D eigenvalue weighted by molar-refractivity contribution is 7.85. The minimum Gasteiger partial charge on any atom is -0.476 e. The molecule has 28 nitrogen and oxygen atoms in total. The van der Waals surface area contributed by atoms with Gasteiger partial charge in [0.2, 0.25) is 11.8 Å². The summed E-state index contributed by atoms with van der Waals surface area (Å²) in [6.07, 6.45) is 11.6. The van der Waals surface area contributed by atoms with Crippen LogP contribution in [0.4, 0.5) is 26.2 Å². The van der Waals surface area contributed by atoms with Crippen molar-refractivity contribution in [3.05, 3.63) is 131 Å². The average Bonchev–Trinajstić information content (AvgIpc) is 1.30. The third kappa shape index (κ3) is 20.9. The van der Waals surface area contributed by atoms with Gasteiger partial charge < -0.3 is 46.1 Å². The molecule has 1 saturated heterocycles. The lowest BCUT2D eigenvalue weighted by molar-refractivity contribution is -0.180. The van der Waals surface area contributed by atoms with Gasteiger partial charge in [0.1, 0.15) is 12.4 Å². The number of piperidine rings is 1. The summed E-state index contributed by atoms with van der Waals surface area (Å²) in [5, 5.41) is 27.4. The molecule has 3 aliphatic heterocycles. The standard InChI is InChI=1S/C79H101N13O15S2/c1-50(2)69(86-66(94)19-8-7-11-32-91-67(95)26-27-68(91)96)63(93)40-55(15-13-31-81-74(80)101)71(97)83-56-22-20-53(21-23-56)45-106-76(102)89-34-29-57(30-35-89)88(37-39-109(103,104)105)36-38-107-79-42-51(3)41-77(5,47-79)46-78(6,48-79)49-92-52(4)60(43-82-92)58-24-25-65(85-70(58)73(99)100)90-33-28-54-14-12-16-59(61(54)44-90)72(98)87-75-84-62-17-9-10-18-64(62)108-75/h9-10,12,14,16-18,20-27,43,50-51,55,57,69H,7-8,11,13,15,19,28-42,44-49H2,1-6H3,(H,83,97)(H,86,94)(H,99,100)(H3,80,81,101)(H,84,87,98)(H,103,104,105)/t51?,55-,69+,77?,78?,79?/m1/s1. The number of rotatable bonds is 34. The number of likely N-dealkylation sites (tertiary alicyclic amines) is 1. The van der Waals surface area contributed by atoms with E-state index in [1.165, 1.54) is 23.5 Å². The van der Waals surface area contributed by atoms with E-state index < -0.39 is 57.4 Å². The van der Waals surface area contributed by atoms with Crippen LogP contribution < -0.4 is 31.9 Å². The Bertz CT molecular complexity index is 4470. The van der Waals surface area contributed by atoms with E-state index >= 15 is 0 Å². The molecule has 3 fully saturated rings. The number of ether oxygens (including phenoxy) is 2. The second-order valence-corrected chi connectivity index (χ2v) is 33.9. The number of nitrogens with zero attached hydrogens (tertiary/aromatic N) is 8. The molecule has 6 aromatic rings. The molecule has 0 radical (unpaired) electrons. The minimum absolute atomic E-state index is 0.0556. The number of carbonyl (C=O) groups excluding carboxylic acids is 8. The molecule has 2 bridgehead atoms. The number of aromatic carboxylic acids is 1. The van der Waals surface area contributed by atoms with Crippen LogP contribution in [0.25, 0.3) is 21.3 Å². The lowest BCUT2D eigenvalue weighted by atomic mass is 9.51. The van der Waals surface area contributed by atoms with Crippen molar-refractivity contribution in [3.8, 4) is 11.1 Å². The van der Waals surface area contributed by atoms with Gasteiger partial charge >= 0.3 is 18.1 Å². The third-order valence-electron chi connectivity index (χ3n) is 21.9. The van der Waals surface area contributed by atoms with Crippen LogP contribution in [0, 0.1) is 35.5 Å². The van der Waals surface area contributed by atoms with Crippen molar-refractivity contribution in [2.24, 2.45) is 34.3 Å². The van der Waals surface area contributed by atoms with E-state index in [1.54, 1.807) is 61.3 Å². The molecule has 30 heteroatoms. The number of ketones is 1. The molecule has 0 spiro atoms. The Balaban J connectivity index is 0.665. The largest absolute Gasteiger partial charge is 0.476 e. The van der Waals surface area contributed by atoms with Crippen LogP contribution in [-0.2, 0) is 69.7 Å². The number of benzene rings is 3. The smallest absolute Gasteiger partial charge is 0.410 e. The van der Waals surface area contributed by atoms with Crippen LogP contribution in [-0.4, -0.2) is 182 Å². The highest BCUT2D eigenvalue weighted by Gasteiger charge is 2.56. The average molecular weight is 1540 g/mol. The number of primary amides is 1. The first-order chi connectivity index (χ1) is 51.9. The number of anilines is 3. The van der Waals surface area contributed by atoms with Crippen LogP contribution in [0.5, 0.6) is 0 Å². The molecule has 109 heavy (non-hydrogen) atoms. The number of carboxylic acid groups (broad SMARTS) is 1. The number of imide groups is 1. The molecule has 6 heterocycles. The number of fused-ring (bicyclic) bond motifs is 4. The Morgan fingerprint density at radius 2 is 1.60 bits per heavy atom. The van der Waals surface area contributed by atoms with Crippen molar-refractivity contribution in [1.29, 1.82) is 0 Å². The van der Waals surface area contributed by atoms with Gasteiger partial charge in [0.15, 0.2) is 16.6 Å². The molecule has 4 unspecified atom stereocenters. The predicted octanol–water partition coefficient (Wildman–Crippen LogP) is 10.3. The first-order valence-electron chi connectivity index (χ1n) is 37.7. The molecule has 3 aromatic heterocycles. The van der Waals surface area contributed by atoms with Gasteiger partial charge in [-0.15, -0.1) is 0 Å². The maximum Gasteiger partial charge on any atom is 0.410 e. The predicted molar refractivity (Wildman–Crippen MR) is 412 cm³/mol. The number of nitrogens with two attached hydrogens (primary N) is 1. The van der Waals surface area contributed by atoms with Crippen LogP contribution in [0.3, 0.4) is 0 Å². The van der Waals surface area contributed by atoms with E-state index in [4.69, 9.17) is 25.3 Å². The monoisotopic (exact) mass is 1540 g/mol. The van der Waals surface area contributed by atoms with Gasteiger partial charge in [-0.25, -0.2) is 24.4 Å². The van der Waals surface area contributed by atoms with Gasteiger partial charge in [-0.3, -0.25) is 53.1 Å². The topological polar surface area (TPSA) is 377 Å². The highest BCUT2D eigenvalue weighted by Crippen LogP contribution is 2.60. The Labute approximate surface area is 639 Å². The van der Waals surface area contributed by atoms with Gasteiger partial charge in [-0.1, -0.05) is 88.8 Å². The van der Waals surface area contributed by atoms with Crippen LogP contribution >= 0.6 is 11.3 Å². The Morgan fingerprint density at radius 3 is 2.31 bits per heavy atom. The second-order valence-electron chi connectivity index (χ2n) is 31.3. The SMILES string of the molecule is Cc1c(-c2ccc(N3CCc4cccc(C(=O)Nc5nc6ccccc6s5)c4C3)nc2C(=O)O)cnn1CC1(C)CC2(C)CC(C)CC(OCCN(CCS(=O)(=O)O)C3CCN(C(=O)OCc4ccc(NC(=O)[C@H](CCCNC(N)=O)CC(=O)[C@@H](NC(=O)CCCCCN5C(=O)C=CC5=O)C(C)C)cc4)CC3)(C2)C1. The maximum absolute atomic E-state index is 13.9. The number of unbranched alkanes of at least 4 members (excludes halogenated alkanes) is 2. The van der Waals surface area contributed by atoms with Crippen LogP contribution in [0.2, 0.25) is 0 Å². The van der Waals surface area contributed by atoms with Gasteiger partial charge in [-0.05, 0) is 166 Å². The summed E-state index contributed by atoms with van der Waals surface area (Å²) in [6.45, 7) is 15.6. The number of hydrogen-bond acceptors (Lipinski definition) is 19. The summed E-state index contributed by atoms with van der Waals surface area (Å²) in [4.78, 5) is 133. The van der Waals surface area contributed by atoms with E-state index in [2.05, 4.69) is 47.0 Å². The van der Waals surface area contributed by atoms with E-state index in [1.807, 2.05) is 63.9 Å². The van der Waals surface area contributed by atoms with E-state index in [0.29, 0.717) is 136 Å². The lowest BCUT2D eigenvalue weighted by Gasteiger charge is -2.59. The molecular weight excluding hydrogens is 1440 g/mol. The number of amides is 8. The molecule has 2 saturated carbocycles. The molecular formula is C79H101N13O15S2. The zero-order valence-corrected chi connectivity index (χ0v) is 64.5. The Hall–Kier alpha value is -9.49. The molecule has 2 aliphatic carbocycles. The number of carbonyl (C=O) groups is 9. The number of thiazole rings is 1. The fraction of sp³-hybridized carbons (Fsp3) is 0.519. The van der Waals surface area contributed by atoms with E-state index in [9.17, 15) is 61.2 Å². The third-order valence-corrected chi connectivity index (χ3v) is 23.5. The number of Topliss-reactive ketones (excluding diaryl/α,β-unsaturated/α-hetero) is 1. The van der Waals surface area contributed by atoms with Crippen LogP contribution in [0.15, 0.2) is 97.2 Å². The quantitative estimate of drug-likeness (QED) is 0.0112. The normalized spacial score (nSPS) is 20.6. The summed E-state index contributed by atoms with van der Waals surface area (Å²) in [5.41, 5.74) is 10.4. The van der Waals surface area contributed by atoms with Gasteiger partial charge in [0.05, 0.1) is 40.4 Å². The van der Waals surface area contributed by atoms with Crippen molar-refractivity contribution in [2.75, 3.05) is 73.7 Å². The number of urea groups is 1. The first-order valence-corrected chi connectivity index (χ1v) is 40.2. The zero-order valence-electron chi connectivity index (χ0n) is 62.9. The highest BCUT2D eigenvalue weighted by atomic mass is 32.2. The van der Waals surface area contributed by atoms with Crippen LogP contribution in [0.1, 0.15) is 168 Å². The Kier molecular flexibility index (Phi) is 25.9. The second kappa shape index (κ2) is 35.0. The van der Waals surface area contributed by atoms with Crippen molar-refractivity contribution in [1.82, 2.24) is 45.1 Å². The van der Waals surface area contributed by atoms with E-state index in [0.717, 1.165) is 64.0 Å². The number of hydrogen-bond donors (Lipinski definition) is 7. The maximum atomic E-state index is 13.9. The fourth-order valence-electron chi connectivity index (χ4n) is 17.4. The number of carboxylic acids is 1. The molecule has 8 N–H and O–H groups in total. The minimum atomic E-state index is -4.33. The molecule has 3 aromatic carbocycles. The summed E-state index contributed by atoms with van der Waals surface area (Å²) in [6, 6.07) is 22.0. The molecule has 6 atom stereocenters. The summed E-state index contributed by atoms with van der Waals surface area (Å²) >= 11 is 1.41. The number of para-hydroxylation sites is 1. The lowest BCUT2D eigenvalue weighted by Crippen LogP contribution is -2.56. The van der Waals surface area contributed by atoms with Crippen molar-refractivity contribution < 1.29 is 70.7 Å². The number of aromatic nitrogens is 4.